The third-order valence-electron chi connectivity index (χ3n) is 2.90. The molecule has 2 rings (SSSR count). The van der Waals surface area contributed by atoms with Gasteiger partial charge in [0, 0.05) is 18.4 Å². The predicted octanol–water partition coefficient (Wildman–Crippen LogP) is 2.72. The highest BCUT2D eigenvalue weighted by molar-refractivity contribution is 5.60. The zero-order valence-corrected chi connectivity index (χ0v) is 10.8. The SMILES string of the molecule is CCC(OC)c1noc(-c2ccc(N)c(C)c2)n1. The van der Waals surface area contributed by atoms with Crippen LogP contribution in [-0.2, 0) is 4.74 Å². The van der Waals surface area contributed by atoms with Gasteiger partial charge in [-0.25, -0.2) is 0 Å². The Bertz CT molecular complexity index is 533. The van der Waals surface area contributed by atoms with Crippen LogP contribution in [-0.4, -0.2) is 17.3 Å². The van der Waals surface area contributed by atoms with Gasteiger partial charge in [-0.1, -0.05) is 12.1 Å². The molecule has 2 aromatic rings. The first-order valence-electron chi connectivity index (χ1n) is 5.88. The van der Waals surface area contributed by atoms with Crippen LogP contribution in [0.2, 0.25) is 0 Å². The van der Waals surface area contributed by atoms with Crippen molar-refractivity contribution in [1.82, 2.24) is 10.1 Å². The molecule has 1 aromatic heterocycles. The summed E-state index contributed by atoms with van der Waals surface area (Å²) in [6.45, 7) is 3.96. The Morgan fingerprint density at radius 2 is 2.22 bits per heavy atom. The maximum atomic E-state index is 5.78. The minimum atomic E-state index is -0.127. The summed E-state index contributed by atoms with van der Waals surface area (Å²) in [5, 5.41) is 3.94. The van der Waals surface area contributed by atoms with Gasteiger partial charge in [0.25, 0.3) is 5.89 Å². The number of rotatable bonds is 4. The molecule has 1 heterocycles. The topological polar surface area (TPSA) is 74.2 Å². The number of methoxy groups -OCH3 is 1. The van der Waals surface area contributed by atoms with Gasteiger partial charge in [-0.15, -0.1) is 0 Å². The van der Waals surface area contributed by atoms with Gasteiger partial charge >= 0.3 is 0 Å². The number of hydrogen-bond donors (Lipinski definition) is 1. The van der Waals surface area contributed by atoms with E-state index in [9.17, 15) is 0 Å². The highest BCUT2D eigenvalue weighted by Gasteiger charge is 2.16. The lowest BCUT2D eigenvalue weighted by Gasteiger charge is -2.06. The minimum Gasteiger partial charge on any atom is -0.399 e. The van der Waals surface area contributed by atoms with E-state index >= 15 is 0 Å². The third kappa shape index (κ3) is 2.36. The second-order valence-electron chi connectivity index (χ2n) is 4.16. The van der Waals surface area contributed by atoms with Crippen LogP contribution < -0.4 is 5.73 Å². The zero-order valence-electron chi connectivity index (χ0n) is 10.8. The Hall–Kier alpha value is -1.88. The van der Waals surface area contributed by atoms with Crippen LogP contribution in [0.15, 0.2) is 22.7 Å². The fraction of sp³-hybridized carbons (Fsp3) is 0.385. The summed E-state index contributed by atoms with van der Waals surface area (Å²) in [5.74, 6) is 1.06. The molecule has 0 spiro atoms. The summed E-state index contributed by atoms with van der Waals surface area (Å²) in [6.07, 6.45) is 0.674. The summed E-state index contributed by atoms with van der Waals surface area (Å²) in [6, 6.07) is 5.63. The van der Waals surface area contributed by atoms with Crippen molar-refractivity contribution in [2.45, 2.75) is 26.4 Å². The molecule has 96 valence electrons. The number of nitrogens with two attached hydrogens (primary N) is 1. The zero-order chi connectivity index (χ0) is 13.1. The standard InChI is InChI=1S/C13H17N3O2/c1-4-11(17-3)12-15-13(18-16-12)9-5-6-10(14)8(2)7-9/h5-7,11H,4,14H2,1-3H3. The van der Waals surface area contributed by atoms with Crippen molar-refractivity contribution in [3.8, 4) is 11.5 Å². The second kappa shape index (κ2) is 5.18. The number of ether oxygens (including phenoxy) is 1. The van der Waals surface area contributed by atoms with Gasteiger partial charge in [0.2, 0.25) is 5.82 Å². The van der Waals surface area contributed by atoms with E-state index in [4.69, 9.17) is 15.0 Å². The summed E-state index contributed by atoms with van der Waals surface area (Å²) < 4.78 is 10.5. The Labute approximate surface area is 106 Å². The van der Waals surface area contributed by atoms with Crippen molar-refractivity contribution >= 4 is 5.69 Å². The molecule has 0 saturated heterocycles. The molecule has 0 aliphatic rings. The lowest BCUT2D eigenvalue weighted by molar-refractivity contribution is 0.0903. The Balaban J connectivity index is 2.31. The molecule has 0 saturated carbocycles. The van der Waals surface area contributed by atoms with Crippen LogP contribution in [0.5, 0.6) is 0 Å². The van der Waals surface area contributed by atoms with E-state index < -0.39 is 0 Å². The molecular weight excluding hydrogens is 230 g/mol. The summed E-state index contributed by atoms with van der Waals surface area (Å²) in [5.41, 5.74) is 8.39. The second-order valence-corrected chi connectivity index (χ2v) is 4.16. The molecule has 1 atom stereocenters. The molecule has 1 aromatic carbocycles. The molecule has 1 unspecified atom stereocenters. The number of nitrogens with zero attached hydrogens (tertiary/aromatic N) is 2. The molecule has 0 amide bonds. The van der Waals surface area contributed by atoms with E-state index in [0.29, 0.717) is 11.7 Å². The maximum absolute atomic E-state index is 5.78. The van der Waals surface area contributed by atoms with E-state index in [-0.39, 0.29) is 6.10 Å². The summed E-state index contributed by atoms with van der Waals surface area (Å²) in [7, 11) is 1.64. The highest BCUT2D eigenvalue weighted by Crippen LogP contribution is 2.24. The first-order valence-corrected chi connectivity index (χ1v) is 5.88. The van der Waals surface area contributed by atoms with E-state index in [1.807, 2.05) is 32.0 Å². The largest absolute Gasteiger partial charge is 0.399 e. The first-order chi connectivity index (χ1) is 8.65. The van der Waals surface area contributed by atoms with Crippen molar-refractivity contribution in [1.29, 1.82) is 0 Å². The van der Waals surface area contributed by atoms with Crippen molar-refractivity contribution < 1.29 is 9.26 Å². The number of hydrogen-bond acceptors (Lipinski definition) is 5. The lowest BCUT2D eigenvalue weighted by Crippen LogP contribution is -2.01. The van der Waals surface area contributed by atoms with Gasteiger partial charge in [0.1, 0.15) is 6.10 Å². The minimum absolute atomic E-state index is 0.127. The van der Waals surface area contributed by atoms with E-state index in [1.54, 1.807) is 7.11 Å². The normalized spacial score (nSPS) is 12.6. The molecule has 5 heteroatoms. The average molecular weight is 247 g/mol. The molecule has 0 bridgehead atoms. The van der Waals surface area contributed by atoms with Gasteiger partial charge in [-0.3, -0.25) is 0 Å². The van der Waals surface area contributed by atoms with Gasteiger partial charge in [-0.2, -0.15) is 4.98 Å². The summed E-state index contributed by atoms with van der Waals surface area (Å²) in [4.78, 5) is 4.35. The van der Waals surface area contributed by atoms with Crippen molar-refractivity contribution in [2.75, 3.05) is 12.8 Å². The molecule has 0 fully saturated rings. The molecule has 0 aliphatic carbocycles. The number of anilines is 1. The number of nitrogen functional groups attached to an aromatic ring is 1. The van der Waals surface area contributed by atoms with Crippen molar-refractivity contribution in [2.24, 2.45) is 0 Å². The number of aromatic nitrogens is 2. The van der Waals surface area contributed by atoms with Gasteiger partial charge in [-0.05, 0) is 37.1 Å². The Morgan fingerprint density at radius 1 is 1.44 bits per heavy atom. The average Bonchev–Trinajstić information content (AvgIpc) is 2.84. The van der Waals surface area contributed by atoms with Gasteiger partial charge < -0.3 is 15.0 Å². The van der Waals surface area contributed by atoms with Gasteiger partial charge in [0.05, 0.1) is 0 Å². The lowest BCUT2D eigenvalue weighted by atomic mass is 10.1. The van der Waals surface area contributed by atoms with Gasteiger partial charge in [0.15, 0.2) is 0 Å². The summed E-state index contributed by atoms with van der Waals surface area (Å²) >= 11 is 0. The first kappa shape index (κ1) is 12.6. The molecule has 0 radical (unpaired) electrons. The van der Waals surface area contributed by atoms with Crippen molar-refractivity contribution in [3.05, 3.63) is 29.6 Å². The van der Waals surface area contributed by atoms with Crippen LogP contribution in [0.1, 0.15) is 30.8 Å². The molecule has 2 N–H and O–H groups in total. The van der Waals surface area contributed by atoms with E-state index in [1.165, 1.54) is 0 Å². The molecule has 18 heavy (non-hydrogen) atoms. The Kier molecular flexibility index (Phi) is 3.62. The fourth-order valence-corrected chi connectivity index (χ4v) is 1.75. The molecule has 0 aliphatic heterocycles. The predicted molar refractivity (Wildman–Crippen MR) is 68.9 cm³/mol. The van der Waals surface area contributed by atoms with E-state index in [2.05, 4.69) is 10.1 Å². The van der Waals surface area contributed by atoms with Crippen LogP contribution in [0, 0.1) is 6.92 Å². The maximum Gasteiger partial charge on any atom is 0.258 e. The van der Waals surface area contributed by atoms with Crippen LogP contribution in [0.25, 0.3) is 11.5 Å². The monoisotopic (exact) mass is 247 g/mol. The van der Waals surface area contributed by atoms with Crippen molar-refractivity contribution in [3.63, 3.8) is 0 Å². The van der Waals surface area contributed by atoms with E-state index in [0.717, 1.165) is 23.2 Å². The number of aryl methyl sites for hydroxylation is 1. The molecular formula is C13H17N3O2. The Morgan fingerprint density at radius 3 is 2.83 bits per heavy atom. The fourth-order valence-electron chi connectivity index (χ4n) is 1.75. The quantitative estimate of drug-likeness (QED) is 0.841. The van der Waals surface area contributed by atoms with Crippen LogP contribution in [0.3, 0.4) is 0 Å². The highest BCUT2D eigenvalue weighted by atomic mass is 16.5. The molecule has 5 nitrogen and oxygen atoms in total. The number of benzene rings is 1. The van der Waals surface area contributed by atoms with Crippen LogP contribution in [0.4, 0.5) is 5.69 Å². The van der Waals surface area contributed by atoms with Crippen LogP contribution >= 0.6 is 0 Å². The third-order valence-corrected chi connectivity index (χ3v) is 2.90. The smallest absolute Gasteiger partial charge is 0.258 e.